The molecule has 0 amide bonds. The van der Waals surface area contributed by atoms with Gasteiger partial charge in [0.15, 0.2) is 17.5 Å². The van der Waals surface area contributed by atoms with Gasteiger partial charge in [0.25, 0.3) is 0 Å². The molecule has 10 aromatic carbocycles. The van der Waals surface area contributed by atoms with E-state index in [4.69, 9.17) is 23.8 Å². The van der Waals surface area contributed by atoms with Crippen molar-refractivity contribution in [1.29, 1.82) is 5.26 Å². The lowest BCUT2D eigenvalue weighted by atomic mass is 9.96. The van der Waals surface area contributed by atoms with E-state index in [-0.39, 0.29) is 0 Å². The van der Waals surface area contributed by atoms with Crippen LogP contribution in [0.25, 0.3) is 144 Å². The first-order chi connectivity index (χ1) is 35.7. The minimum absolute atomic E-state index is 0.494. The van der Waals surface area contributed by atoms with E-state index in [9.17, 15) is 5.26 Å². The summed E-state index contributed by atoms with van der Waals surface area (Å²) in [7, 11) is 0. The largest absolute Gasteiger partial charge is 0.456 e. The van der Waals surface area contributed by atoms with E-state index in [2.05, 4.69) is 124 Å². The Morgan fingerprint density at radius 1 is 0.333 bits per heavy atom. The molecule has 15 aromatic rings. The molecule has 0 radical (unpaired) electrons. The number of hydrogen-bond donors (Lipinski definition) is 0. The smallest absolute Gasteiger partial charge is 0.166 e. The second-order valence-electron chi connectivity index (χ2n) is 18.1. The number of para-hydroxylation sites is 4. The maximum absolute atomic E-state index is 11.5. The van der Waals surface area contributed by atoms with Gasteiger partial charge in [0.2, 0.25) is 0 Å². The molecule has 334 valence electrons. The predicted octanol–water partition coefficient (Wildman–Crippen LogP) is 16.4. The van der Waals surface area contributed by atoms with Crippen molar-refractivity contribution in [1.82, 2.24) is 24.1 Å². The minimum Gasteiger partial charge on any atom is -0.456 e. The van der Waals surface area contributed by atoms with Gasteiger partial charge in [-0.05, 0) is 72.3 Å². The molecule has 0 fully saturated rings. The van der Waals surface area contributed by atoms with Crippen molar-refractivity contribution in [2.24, 2.45) is 0 Å². The third kappa shape index (κ3) is 5.82. The van der Waals surface area contributed by atoms with Crippen molar-refractivity contribution < 1.29 is 8.83 Å². The highest BCUT2D eigenvalue weighted by molar-refractivity contribution is 6.29. The van der Waals surface area contributed by atoms with Crippen molar-refractivity contribution in [2.45, 2.75) is 0 Å². The zero-order valence-electron chi connectivity index (χ0n) is 38.3. The van der Waals surface area contributed by atoms with Crippen LogP contribution in [0.3, 0.4) is 0 Å². The van der Waals surface area contributed by atoms with E-state index in [1.54, 1.807) is 0 Å². The lowest BCUT2D eigenvalue weighted by molar-refractivity contribution is 0.669. The molecular formula is C64H36N6O2. The molecule has 0 unspecified atom stereocenters. The predicted molar refractivity (Wildman–Crippen MR) is 290 cm³/mol. The number of nitrogens with zero attached hydrogens (tertiary/aromatic N) is 6. The summed E-state index contributed by atoms with van der Waals surface area (Å²) < 4.78 is 17.4. The van der Waals surface area contributed by atoms with Gasteiger partial charge >= 0.3 is 0 Å². The minimum atomic E-state index is 0.494. The maximum Gasteiger partial charge on any atom is 0.166 e. The monoisotopic (exact) mass is 920 g/mol. The van der Waals surface area contributed by atoms with Crippen molar-refractivity contribution in [3.05, 3.63) is 224 Å². The van der Waals surface area contributed by atoms with Crippen LogP contribution in [0.15, 0.2) is 227 Å². The highest BCUT2D eigenvalue weighted by atomic mass is 16.3. The van der Waals surface area contributed by atoms with Gasteiger partial charge < -0.3 is 18.0 Å². The summed E-state index contributed by atoms with van der Waals surface area (Å²) in [6.45, 7) is 0. The maximum atomic E-state index is 11.5. The number of aromatic nitrogens is 5. The normalized spacial score (nSPS) is 11.9. The molecule has 8 heteroatoms. The Bertz CT molecular complexity index is 4710. The Labute approximate surface area is 410 Å². The van der Waals surface area contributed by atoms with Crippen LogP contribution in [0.4, 0.5) is 0 Å². The van der Waals surface area contributed by atoms with Crippen LogP contribution < -0.4 is 0 Å². The van der Waals surface area contributed by atoms with Crippen LogP contribution >= 0.6 is 0 Å². The Balaban J connectivity index is 1.02. The first kappa shape index (κ1) is 39.9. The van der Waals surface area contributed by atoms with Crippen LogP contribution in [-0.4, -0.2) is 24.1 Å². The summed E-state index contributed by atoms with van der Waals surface area (Å²) in [5.41, 5.74) is 13.6. The van der Waals surface area contributed by atoms with Gasteiger partial charge in [0, 0.05) is 65.3 Å². The summed E-state index contributed by atoms with van der Waals surface area (Å²) in [5.74, 6) is 1.60. The topological polar surface area (TPSA) is 98.6 Å². The van der Waals surface area contributed by atoms with Crippen molar-refractivity contribution in [3.8, 4) is 62.7 Å². The molecule has 0 aliphatic heterocycles. The Morgan fingerprint density at radius 2 is 0.819 bits per heavy atom. The third-order valence-corrected chi connectivity index (χ3v) is 14.2. The van der Waals surface area contributed by atoms with Gasteiger partial charge in [-0.15, -0.1) is 0 Å². The Morgan fingerprint density at radius 3 is 1.38 bits per heavy atom. The first-order valence-corrected chi connectivity index (χ1v) is 23.9. The standard InChI is InChI=1S/C64H36N6O2/c65-37-47-41(24-15-27-50(47)69-48-25-11-7-20-42(48)58-52(69)32-34-56-60(58)44-22-9-13-28-54(44)71-56)40-30-31-51(46(36-40)64-67-62(38-16-3-1-4-17-38)66-63(68-64)39-18-5-2-6-19-39)70-49-26-12-8-21-43(49)59-53(70)33-35-57-61(59)45-23-10-14-29-55(45)72-57/h1-36H. The Hall–Kier alpha value is -10.1. The van der Waals surface area contributed by atoms with Crippen LogP contribution in [-0.2, 0) is 0 Å². The van der Waals surface area contributed by atoms with E-state index >= 15 is 0 Å². The molecule has 72 heavy (non-hydrogen) atoms. The number of nitriles is 1. The zero-order chi connectivity index (χ0) is 47.4. The van der Waals surface area contributed by atoms with Crippen molar-refractivity contribution in [3.63, 3.8) is 0 Å². The van der Waals surface area contributed by atoms with Crippen LogP contribution in [0, 0.1) is 11.3 Å². The van der Waals surface area contributed by atoms with Gasteiger partial charge in [-0.1, -0.05) is 152 Å². The molecule has 15 rings (SSSR count). The highest BCUT2D eigenvalue weighted by Crippen LogP contribution is 2.45. The van der Waals surface area contributed by atoms with Crippen LogP contribution in [0.5, 0.6) is 0 Å². The average molecular weight is 921 g/mol. The van der Waals surface area contributed by atoms with Gasteiger partial charge in [-0.25, -0.2) is 15.0 Å². The fraction of sp³-hybridized carbons (Fsp3) is 0. The summed E-state index contributed by atoms with van der Waals surface area (Å²) in [5, 5.41) is 20.0. The summed E-state index contributed by atoms with van der Waals surface area (Å²) in [6, 6.07) is 77.1. The molecule has 5 aromatic heterocycles. The molecule has 0 saturated heterocycles. The molecule has 0 aliphatic rings. The quantitative estimate of drug-likeness (QED) is 0.165. The summed E-state index contributed by atoms with van der Waals surface area (Å²) in [6.07, 6.45) is 0. The molecule has 8 nitrogen and oxygen atoms in total. The van der Waals surface area contributed by atoms with E-state index in [1.807, 2.05) is 109 Å². The molecule has 0 aliphatic carbocycles. The van der Waals surface area contributed by atoms with Crippen molar-refractivity contribution in [2.75, 3.05) is 0 Å². The van der Waals surface area contributed by atoms with E-state index < -0.39 is 0 Å². The van der Waals surface area contributed by atoms with Gasteiger partial charge in [-0.2, -0.15) is 5.26 Å². The van der Waals surface area contributed by atoms with Crippen LogP contribution in [0.1, 0.15) is 5.56 Å². The molecule has 0 N–H and O–H groups in total. The molecule has 0 saturated carbocycles. The first-order valence-electron chi connectivity index (χ1n) is 23.9. The number of hydrogen-bond acceptors (Lipinski definition) is 6. The number of rotatable bonds is 6. The fourth-order valence-corrected chi connectivity index (χ4v) is 11.2. The second-order valence-corrected chi connectivity index (χ2v) is 18.1. The zero-order valence-corrected chi connectivity index (χ0v) is 38.3. The average Bonchev–Trinajstić information content (AvgIpc) is 4.21. The summed E-state index contributed by atoms with van der Waals surface area (Å²) >= 11 is 0. The lowest BCUT2D eigenvalue weighted by Gasteiger charge is -2.18. The molecule has 0 atom stereocenters. The fourth-order valence-electron chi connectivity index (χ4n) is 11.2. The Kier molecular flexibility index (Phi) is 8.55. The summed E-state index contributed by atoms with van der Waals surface area (Å²) in [4.78, 5) is 15.8. The molecule has 5 heterocycles. The number of furan rings is 2. The lowest BCUT2D eigenvalue weighted by Crippen LogP contribution is -2.04. The third-order valence-electron chi connectivity index (χ3n) is 14.2. The molecule has 0 spiro atoms. The van der Waals surface area contributed by atoms with Gasteiger partial charge in [0.1, 0.15) is 28.4 Å². The highest BCUT2D eigenvalue weighted by Gasteiger charge is 2.25. The van der Waals surface area contributed by atoms with E-state index in [1.165, 1.54) is 0 Å². The number of fused-ring (bicyclic) bond motifs is 14. The van der Waals surface area contributed by atoms with Gasteiger partial charge in [-0.3, -0.25) is 0 Å². The van der Waals surface area contributed by atoms with Crippen molar-refractivity contribution >= 4 is 87.5 Å². The van der Waals surface area contributed by atoms with E-state index in [0.29, 0.717) is 23.0 Å². The van der Waals surface area contributed by atoms with Crippen LogP contribution in [0.2, 0.25) is 0 Å². The van der Waals surface area contributed by atoms with E-state index in [0.717, 1.165) is 127 Å². The SMILES string of the molecule is N#Cc1c(-c2ccc(-n3c4ccccc4c4c5c(ccc43)oc3ccccc35)c(-c3nc(-c4ccccc4)nc(-c4ccccc4)n3)c2)cccc1-n1c2ccccc2c2c3c(ccc21)oc1ccccc13. The molecule has 0 bridgehead atoms. The second kappa shape index (κ2) is 15.5. The number of benzene rings is 10. The molecular weight excluding hydrogens is 885 g/mol. The van der Waals surface area contributed by atoms with Gasteiger partial charge in [0.05, 0.1) is 39.0 Å².